The van der Waals surface area contributed by atoms with Gasteiger partial charge < -0.3 is 9.47 Å². The fourth-order valence-corrected chi connectivity index (χ4v) is 4.41. The average molecular weight is 597 g/mol. The lowest BCUT2D eigenvalue weighted by atomic mass is 9.75. The SMILES string of the molecule is CCOc1ccc(C(F)(F)Oc2ccc(C3CCC(C(F)(F)C(F)(F)C(F)(F)C(C)(F)F)CC3)nc2)c(F)c1F. The molecule has 0 atom stereocenters. The number of rotatable bonds is 10. The van der Waals surface area contributed by atoms with Gasteiger partial charge >= 0.3 is 29.8 Å². The van der Waals surface area contributed by atoms with Gasteiger partial charge in [0.1, 0.15) is 11.3 Å². The van der Waals surface area contributed by atoms with Gasteiger partial charge in [0.2, 0.25) is 5.82 Å². The predicted octanol–water partition coefficient (Wildman–Crippen LogP) is 8.72. The Balaban J connectivity index is 1.68. The Morgan fingerprint density at radius 3 is 1.90 bits per heavy atom. The largest absolute Gasteiger partial charge is 0.491 e. The van der Waals surface area contributed by atoms with E-state index in [9.17, 15) is 52.7 Å². The zero-order chi connectivity index (χ0) is 30.3. The van der Waals surface area contributed by atoms with Crippen molar-refractivity contribution in [1.82, 2.24) is 4.98 Å². The Morgan fingerprint density at radius 2 is 1.40 bits per heavy atom. The van der Waals surface area contributed by atoms with Crippen molar-refractivity contribution in [2.24, 2.45) is 5.92 Å². The first kappa shape index (κ1) is 31.7. The Hall–Kier alpha value is -2.87. The van der Waals surface area contributed by atoms with Gasteiger partial charge in [-0.1, -0.05) is 0 Å². The molecule has 1 aromatic heterocycles. The molecule has 15 heteroatoms. The quantitative estimate of drug-likeness (QED) is 0.257. The molecule has 224 valence electrons. The zero-order valence-corrected chi connectivity index (χ0v) is 20.9. The normalized spacial score (nSPS) is 19.4. The number of ether oxygens (including phenoxy) is 2. The maximum atomic E-state index is 14.5. The summed E-state index contributed by atoms with van der Waals surface area (Å²) in [6.45, 7) is 0.845. The summed E-state index contributed by atoms with van der Waals surface area (Å²) in [6.07, 6.45) is -5.59. The van der Waals surface area contributed by atoms with Crippen molar-refractivity contribution in [1.29, 1.82) is 0 Å². The summed E-state index contributed by atoms with van der Waals surface area (Å²) in [5.74, 6) is -31.2. The van der Waals surface area contributed by atoms with Crippen LogP contribution in [0.4, 0.5) is 52.7 Å². The first-order valence-corrected chi connectivity index (χ1v) is 11.9. The Labute approximate surface area is 220 Å². The molecule has 2 aromatic rings. The van der Waals surface area contributed by atoms with Crippen LogP contribution in [0.25, 0.3) is 0 Å². The lowest BCUT2D eigenvalue weighted by Crippen LogP contribution is -2.63. The number of alkyl halides is 10. The van der Waals surface area contributed by atoms with Gasteiger partial charge in [-0.05, 0) is 56.9 Å². The van der Waals surface area contributed by atoms with E-state index < -0.39 is 90.1 Å². The van der Waals surface area contributed by atoms with E-state index >= 15 is 0 Å². The second kappa shape index (κ2) is 10.8. The van der Waals surface area contributed by atoms with Gasteiger partial charge in [-0.2, -0.15) is 48.3 Å². The Bertz CT molecular complexity index is 1170. The first-order chi connectivity index (χ1) is 18.3. The summed E-state index contributed by atoms with van der Waals surface area (Å²) in [5, 5.41) is 0. The molecule has 40 heavy (non-hydrogen) atoms. The summed E-state index contributed by atoms with van der Waals surface area (Å²) in [6, 6.07) is 3.48. The number of hydrogen-bond acceptors (Lipinski definition) is 3. The van der Waals surface area contributed by atoms with Crippen molar-refractivity contribution in [3.8, 4) is 11.5 Å². The fraction of sp³-hybridized carbons (Fsp3) is 0.560. The van der Waals surface area contributed by atoms with Gasteiger partial charge in [-0.25, -0.2) is 4.39 Å². The van der Waals surface area contributed by atoms with E-state index in [2.05, 4.69) is 9.72 Å². The minimum Gasteiger partial charge on any atom is -0.491 e. The van der Waals surface area contributed by atoms with Crippen LogP contribution >= 0.6 is 0 Å². The van der Waals surface area contributed by atoms with Gasteiger partial charge in [-0.3, -0.25) is 4.98 Å². The molecule has 1 heterocycles. The highest BCUT2D eigenvalue weighted by molar-refractivity contribution is 5.33. The molecule has 1 fully saturated rings. The van der Waals surface area contributed by atoms with Crippen LogP contribution in [-0.2, 0) is 6.11 Å². The third kappa shape index (κ3) is 5.65. The van der Waals surface area contributed by atoms with Crippen molar-refractivity contribution in [3.05, 3.63) is 53.4 Å². The van der Waals surface area contributed by atoms with Gasteiger partial charge in [-0.15, -0.1) is 0 Å². The molecule has 3 rings (SSSR count). The number of hydrogen-bond donors (Lipinski definition) is 0. The third-order valence-electron chi connectivity index (χ3n) is 6.69. The van der Waals surface area contributed by atoms with Gasteiger partial charge in [0, 0.05) is 24.5 Å². The van der Waals surface area contributed by atoms with Crippen LogP contribution in [0.1, 0.15) is 56.7 Å². The second-order valence-electron chi connectivity index (χ2n) is 9.42. The molecule has 0 radical (unpaired) electrons. The van der Waals surface area contributed by atoms with Crippen LogP contribution in [0, 0.1) is 17.6 Å². The van der Waals surface area contributed by atoms with E-state index in [1.54, 1.807) is 0 Å². The molecule has 0 aliphatic heterocycles. The molecular formula is C25H23F12NO2. The standard InChI is InChI=1S/C25H23F12NO2/c1-3-39-18-11-9-16(19(26)20(18)27)23(32,33)40-15-8-10-17(38-12-15)13-4-6-14(7-5-13)22(30,31)25(36,37)24(34,35)21(2,28)29/h8-14H,3-7H2,1-2H3. The fourth-order valence-electron chi connectivity index (χ4n) is 4.41. The Morgan fingerprint density at radius 1 is 0.800 bits per heavy atom. The zero-order valence-electron chi connectivity index (χ0n) is 20.9. The molecular weight excluding hydrogens is 574 g/mol. The van der Waals surface area contributed by atoms with E-state index in [1.165, 1.54) is 6.92 Å². The minimum atomic E-state index is -6.33. The molecule has 0 amide bonds. The predicted molar refractivity (Wildman–Crippen MR) is 116 cm³/mol. The smallest absolute Gasteiger partial charge is 0.429 e. The molecule has 3 nitrogen and oxygen atoms in total. The summed E-state index contributed by atoms with van der Waals surface area (Å²) in [7, 11) is 0. The summed E-state index contributed by atoms with van der Waals surface area (Å²) < 4.78 is 176. The summed E-state index contributed by atoms with van der Waals surface area (Å²) in [4.78, 5) is 3.87. The lowest BCUT2D eigenvalue weighted by molar-refractivity contribution is -0.373. The molecule has 0 N–H and O–H groups in total. The van der Waals surface area contributed by atoms with Crippen LogP contribution in [0.15, 0.2) is 30.5 Å². The molecule has 0 unspecified atom stereocenters. The van der Waals surface area contributed by atoms with E-state index in [0.29, 0.717) is 6.07 Å². The van der Waals surface area contributed by atoms with Gasteiger partial charge in [0.15, 0.2) is 11.6 Å². The topological polar surface area (TPSA) is 31.4 Å². The molecule has 1 aliphatic carbocycles. The molecule has 1 aromatic carbocycles. The average Bonchev–Trinajstić information content (AvgIpc) is 2.86. The molecule has 1 saturated carbocycles. The second-order valence-corrected chi connectivity index (χ2v) is 9.42. The van der Waals surface area contributed by atoms with Crippen molar-refractivity contribution < 1.29 is 62.2 Å². The lowest BCUT2D eigenvalue weighted by Gasteiger charge is -2.41. The number of pyridine rings is 1. The third-order valence-corrected chi connectivity index (χ3v) is 6.69. The number of halogens is 12. The summed E-state index contributed by atoms with van der Waals surface area (Å²) in [5.41, 5.74) is -1.30. The monoisotopic (exact) mass is 597 g/mol. The minimum absolute atomic E-state index is 0.0507. The van der Waals surface area contributed by atoms with Gasteiger partial charge in [0.25, 0.3) is 0 Å². The van der Waals surface area contributed by atoms with E-state index in [-0.39, 0.29) is 25.1 Å². The number of benzene rings is 1. The van der Waals surface area contributed by atoms with E-state index in [1.807, 2.05) is 0 Å². The van der Waals surface area contributed by atoms with Crippen LogP contribution in [-0.4, -0.2) is 35.3 Å². The maximum absolute atomic E-state index is 14.5. The van der Waals surface area contributed by atoms with Crippen molar-refractivity contribution in [2.75, 3.05) is 6.61 Å². The highest BCUT2D eigenvalue weighted by Crippen LogP contribution is 2.57. The molecule has 1 aliphatic rings. The van der Waals surface area contributed by atoms with Crippen molar-refractivity contribution in [3.63, 3.8) is 0 Å². The molecule has 0 bridgehead atoms. The molecule has 0 saturated heterocycles. The highest BCUT2D eigenvalue weighted by Gasteiger charge is 2.80. The maximum Gasteiger partial charge on any atom is 0.429 e. The van der Waals surface area contributed by atoms with Crippen LogP contribution in [0.5, 0.6) is 11.5 Å². The molecule has 0 spiro atoms. The van der Waals surface area contributed by atoms with E-state index in [0.717, 1.165) is 24.4 Å². The highest BCUT2D eigenvalue weighted by atomic mass is 19.4. The van der Waals surface area contributed by atoms with E-state index in [4.69, 9.17) is 4.74 Å². The first-order valence-electron chi connectivity index (χ1n) is 11.9. The van der Waals surface area contributed by atoms with Crippen molar-refractivity contribution in [2.45, 2.75) is 75.2 Å². The van der Waals surface area contributed by atoms with Gasteiger partial charge in [0.05, 0.1) is 12.8 Å². The number of aromatic nitrogens is 1. The summed E-state index contributed by atoms with van der Waals surface area (Å²) >= 11 is 0. The Kier molecular flexibility index (Phi) is 8.58. The number of nitrogens with zero attached hydrogens (tertiary/aromatic N) is 1. The van der Waals surface area contributed by atoms with Crippen LogP contribution in [0.2, 0.25) is 0 Å². The van der Waals surface area contributed by atoms with Crippen molar-refractivity contribution >= 4 is 0 Å². The van der Waals surface area contributed by atoms with Crippen LogP contribution < -0.4 is 9.47 Å². The van der Waals surface area contributed by atoms with Crippen LogP contribution in [0.3, 0.4) is 0 Å².